The summed E-state index contributed by atoms with van der Waals surface area (Å²) in [4.78, 5) is 62.6. The van der Waals surface area contributed by atoms with Gasteiger partial charge in [0.2, 0.25) is 11.4 Å². The van der Waals surface area contributed by atoms with Gasteiger partial charge in [-0.25, -0.2) is 19.1 Å². The van der Waals surface area contributed by atoms with E-state index in [2.05, 4.69) is 15.5 Å². The van der Waals surface area contributed by atoms with Crippen molar-refractivity contribution >= 4 is 91.5 Å². The maximum absolute atomic E-state index is 13.3. The highest BCUT2D eigenvalue weighted by atomic mass is 32.2. The van der Waals surface area contributed by atoms with E-state index >= 15 is 0 Å². The first-order chi connectivity index (χ1) is 19.9. The van der Waals surface area contributed by atoms with E-state index in [1.165, 1.54) is 70.3 Å². The van der Waals surface area contributed by atoms with Crippen LogP contribution in [0.25, 0.3) is 10.2 Å². The lowest BCUT2D eigenvalue weighted by Gasteiger charge is -2.49. The molecule has 5 heterocycles. The van der Waals surface area contributed by atoms with Crippen molar-refractivity contribution in [3.63, 3.8) is 0 Å². The quantitative estimate of drug-likeness (QED) is 0.0796. The Morgan fingerprint density at radius 3 is 2.79 bits per heavy atom. The zero-order chi connectivity index (χ0) is 30.3. The minimum atomic E-state index is -1.73. The molecule has 0 bridgehead atoms. The Morgan fingerprint density at radius 1 is 1.36 bits per heavy atom. The Kier molecular flexibility index (Phi) is 8.41. The molecule has 1 unspecified atom stereocenters. The number of oxime groups is 1. The van der Waals surface area contributed by atoms with Crippen molar-refractivity contribution in [2.75, 3.05) is 23.9 Å². The zero-order valence-corrected chi connectivity index (χ0v) is 25.8. The summed E-state index contributed by atoms with van der Waals surface area (Å²) in [5.74, 6) is -3.29. The molecule has 2 aromatic rings. The molecule has 2 amide bonds. The third-order valence-corrected chi connectivity index (χ3v) is 11.0. The van der Waals surface area contributed by atoms with Crippen LogP contribution in [0.3, 0.4) is 0 Å². The number of hydrogen-bond acceptors (Lipinski definition) is 12. The number of thiazole rings is 1. The number of carbonyl (C=O) groups excluding carboxylic acids is 2. The summed E-state index contributed by atoms with van der Waals surface area (Å²) in [6.07, 6.45) is 3.84. The van der Waals surface area contributed by atoms with Crippen molar-refractivity contribution < 1.29 is 38.8 Å². The minimum Gasteiger partial charge on any atom is -0.478 e. The first-order valence-electron chi connectivity index (χ1n) is 12.4. The van der Waals surface area contributed by atoms with Gasteiger partial charge in [-0.2, -0.15) is 0 Å². The van der Waals surface area contributed by atoms with Gasteiger partial charge in [-0.05, 0) is 19.4 Å². The van der Waals surface area contributed by atoms with E-state index in [4.69, 9.17) is 10.2 Å². The third kappa shape index (κ3) is 5.93. The van der Waals surface area contributed by atoms with Crippen LogP contribution in [0, 0.1) is 5.41 Å². The molecule has 0 spiro atoms. The number of fused-ring (bicyclic) bond motifs is 2. The second-order valence-electron chi connectivity index (χ2n) is 9.96. The Hall–Kier alpha value is -3.35. The number of thioether (sulfide) groups is 3. The molecular weight excluding hydrogens is 627 g/mol. The number of pyridine rings is 1. The van der Waals surface area contributed by atoms with E-state index in [-0.39, 0.29) is 29.0 Å². The third-order valence-electron chi connectivity index (χ3n) is 6.46. The van der Waals surface area contributed by atoms with E-state index < -0.39 is 40.8 Å². The summed E-state index contributed by atoms with van der Waals surface area (Å²) in [6.45, 7) is 2.61. The van der Waals surface area contributed by atoms with Crippen LogP contribution in [-0.4, -0.2) is 101 Å². The van der Waals surface area contributed by atoms with Gasteiger partial charge >= 0.3 is 11.9 Å². The number of aryl methyl sites for hydroxylation is 1. The SMILES string of the molecule is C[n+]1ccc2sc(SCC3=C(C(=O)O)N4C(=O)C(NC(=O)C(=NOC(C)(C)C(=O)O)N5CSC(=N)C5)[C@@H]4SC3)nc2c1. The van der Waals surface area contributed by atoms with Crippen LogP contribution in [0.15, 0.2) is 39.2 Å². The van der Waals surface area contributed by atoms with Crippen molar-refractivity contribution in [1.82, 2.24) is 20.1 Å². The highest BCUT2D eigenvalue weighted by Crippen LogP contribution is 2.42. The number of aromatic nitrogens is 2. The van der Waals surface area contributed by atoms with Crippen molar-refractivity contribution in [3.05, 3.63) is 29.7 Å². The Morgan fingerprint density at radius 2 is 2.12 bits per heavy atom. The van der Waals surface area contributed by atoms with Crippen molar-refractivity contribution in [2.24, 2.45) is 12.2 Å². The standard InChI is InChI=1S/C24H25N7O7S4/c1-24(2,22(36)37)38-28-17(30-7-14(25)41-10-30)18(32)27-15-19(33)31-16(21(34)35)11(8-39-20(15)31)9-40-23-26-12-6-29(3)5-4-13(12)42-23/h4-6,15,20,25H,7-10H2,1-3H3,(H2-,27,32,34,35,36,37)/p+1/t15?,20-/m0/s1. The summed E-state index contributed by atoms with van der Waals surface area (Å²) < 4.78 is 3.70. The molecule has 0 saturated carbocycles. The maximum atomic E-state index is 13.3. The molecule has 0 aliphatic carbocycles. The number of amides is 2. The van der Waals surface area contributed by atoms with E-state index in [1.54, 1.807) is 0 Å². The van der Waals surface area contributed by atoms with Crippen molar-refractivity contribution in [1.29, 1.82) is 5.41 Å². The predicted molar refractivity (Wildman–Crippen MR) is 158 cm³/mol. The van der Waals surface area contributed by atoms with Gasteiger partial charge in [0.25, 0.3) is 11.8 Å². The molecule has 2 fully saturated rings. The highest BCUT2D eigenvalue weighted by molar-refractivity contribution is 8.14. The van der Waals surface area contributed by atoms with E-state index in [0.717, 1.165) is 14.6 Å². The Balaban J connectivity index is 1.30. The van der Waals surface area contributed by atoms with Crippen LogP contribution < -0.4 is 9.88 Å². The molecule has 5 rings (SSSR count). The Labute approximate surface area is 256 Å². The van der Waals surface area contributed by atoms with Gasteiger partial charge in [-0.1, -0.05) is 28.7 Å². The number of carboxylic acids is 2. The van der Waals surface area contributed by atoms with Crippen LogP contribution in [0.4, 0.5) is 0 Å². The van der Waals surface area contributed by atoms with Gasteiger partial charge < -0.3 is 25.3 Å². The molecule has 14 nitrogen and oxygen atoms in total. The van der Waals surface area contributed by atoms with Gasteiger partial charge in [-0.3, -0.25) is 19.9 Å². The van der Waals surface area contributed by atoms with Crippen molar-refractivity contribution in [2.45, 2.75) is 35.2 Å². The van der Waals surface area contributed by atoms with Gasteiger partial charge in [0.15, 0.2) is 16.7 Å². The number of nitrogens with zero attached hydrogens (tertiary/aromatic N) is 5. The molecule has 3 aliphatic rings. The molecule has 2 atom stereocenters. The molecule has 0 aromatic carbocycles. The van der Waals surface area contributed by atoms with Crippen LogP contribution in [-0.2, 0) is 31.1 Å². The maximum Gasteiger partial charge on any atom is 0.352 e. The topological polar surface area (TPSA) is 189 Å². The number of rotatable bonds is 8. The monoisotopic (exact) mass is 652 g/mol. The van der Waals surface area contributed by atoms with E-state index in [9.17, 15) is 29.4 Å². The molecule has 3 aliphatic heterocycles. The molecule has 42 heavy (non-hydrogen) atoms. The minimum absolute atomic E-state index is 0.0662. The van der Waals surface area contributed by atoms with Crippen LogP contribution >= 0.6 is 46.6 Å². The Bertz CT molecular complexity index is 1570. The summed E-state index contributed by atoms with van der Waals surface area (Å²) >= 11 is 5.43. The number of carbonyl (C=O) groups is 4. The average Bonchev–Trinajstić information content (AvgIpc) is 3.54. The van der Waals surface area contributed by atoms with Crippen LogP contribution in [0.1, 0.15) is 13.8 Å². The number of β-lactam (4-membered cyclic amide) rings is 1. The number of carboxylic acid groups (broad SMARTS) is 2. The van der Waals surface area contributed by atoms with Crippen LogP contribution in [0.5, 0.6) is 0 Å². The zero-order valence-electron chi connectivity index (χ0n) is 22.5. The molecular formula is C24H26N7O7S4+. The average molecular weight is 653 g/mol. The van der Waals surface area contributed by atoms with Gasteiger partial charge in [0.1, 0.15) is 29.7 Å². The lowest BCUT2D eigenvalue weighted by Crippen LogP contribution is -2.71. The fraction of sp³-hybridized carbons (Fsp3) is 0.417. The number of nitrogens with one attached hydrogen (secondary N) is 2. The predicted octanol–water partition coefficient (Wildman–Crippen LogP) is 1.13. The first kappa shape index (κ1) is 30.1. The second-order valence-corrected chi connectivity index (χ2v) is 14.4. The first-order valence-corrected chi connectivity index (χ1v) is 16.2. The largest absolute Gasteiger partial charge is 0.478 e. The lowest BCUT2D eigenvalue weighted by atomic mass is 10.0. The summed E-state index contributed by atoms with van der Waals surface area (Å²) in [6, 6.07) is 0.943. The van der Waals surface area contributed by atoms with Gasteiger partial charge in [0.05, 0.1) is 22.2 Å². The molecule has 0 radical (unpaired) electrons. The van der Waals surface area contributed by atoms with E-state index in [1.807, 2.05) is 30.1 Å². The summed E-state index contributed by atoms with van der Waals surface area (Å²) in [5, 5.41) is 33.3. The molecule has 2 saturated heterocycles. The second kappa shape index (κ2) is 11.7. The smallest absolute Gasteiger partial charge is 0.352 e. The number of amidine groups is 1. The van der Waals surface area contributed by atoms with Gasteiger partial charge in [-0.15, -0.1) is 23.1 Å². The van der Waals surface area contributed by atoms with Gasteiger partial charge in [0, 0.05) is 17.6 Å². The fourth-order valence-corrected chi connectivity index (χ4v) is 8.45. The highest BCUT2D eigenvalue weighted by Gasteiger charge is 2.54. The molecule has 222 valence electrons. The van der Waals surface area contributed by atoms with E-state index in [0.29, 0.717) is 17.1 Å². The number of aliphatic carboxylic acids is 2. The molecule has 18 heteroatoms. The fourth-order valence-electron chi connectivity index (χ4n) is 4.16. The lowest BCUT2D eigenvalue weighted by molar-refractivity contribution is -0.670. The molecule has 2 aromatic heterocycles. The number of hydrogen-bond donors (Lipinski definition) is 4. The summed E-state index contributed by atoms with van der Waals surface area (Å²) in [7, 11) is 1.91. The summed E-state index contributed by atoms with van der Waals surface area (Å²) in [5.41, 5.74) is -0.402. The van der Waals surface area contributed by atoms with Crippen LogP contribution in [0.2, 0.25) is 0 Å². The normalized spacial score (nSPS) is 21.0. The molecule has 4 N–H and O–H groups in total. The van der Waals surface area contributed by atoms with Crippen molar-refractivity contribution in [3.8, 4) is 0 Å².